The predicted molar refractivity (Wildman–Crippen MR) is 86.4 cm³/mol. The largest absolute Gasteiger partial charge is 0.492 e. The van der Waals surface area contributed by atoms with E-state index in [4.69, 9.17) is 10.00 Å². The van der Waals surface area contributed by atoms with Gasteiger partial charge < -0.3 is 10.1 Å². The number of para-hydroxylation sites is 1. The highest BCUT2D eigenvalue weighted by molar-refractivity contribution is 5.79. The maximum Gasteiger partial charge on any atom is 0.224 e. The molecule has 0 aliphatic carbocycles. The highest BCUT2D eigenvalue weighted by Crippen LogP contribution is 2.20. The second-order valence-electron chi connectivity index (χ2n) is 4.97. The van der Waals surface area contributed by atoms with E-state index in [1.807, 2.05) is 56.1 Å². The van der Waals surface area contributed by atoms with Crippen LogP contribution < -0.4 is 10.1 Å². The van der Waals surface area contributed by atoms with Crippen molar-refractivity contribution in [3.8, 4) is 11.8 Å². The average Bonchev–Trinajstić information content (AvgIpc) is 2.95. The summed E-state index contributed by atoms with van der Waals surface area (Å²) in [5.74, 6) is 0.708. The third-order valence-electron chi connectivity index (χ3n) is 3.48. The van der Waals surface area contributed by atoms with Crippen LogP contribution >= 0.6 is 0 Å². The van der Waals surface area contributed by atoms with Gasteiger partial charge in [-0.2, -0.15) is 5.26 Å². The maximum absolute atomic E-state index is 12.0. The van der Waals surface area contributed by atoms with Gasteiger partial charge in [-0.3, -0.25) is 9.69 Å². The van der Waals surface area contributed by atoms with E-state index in [-0.39, 0.29) is 17.9 Å². The summed E-state index contributed by atoms with van der Waals surface area (Å²) < 4.78 is 5.50. The molecule has 0 bridgehead atoms. The maximum atomic E-state index is 12.0. The minimum absolute atomic E-state index is 0.00580. The van der Waals surface area contributed by atoms with Crippen LogP contribution in [0.3, 0.4) is 0 Å². The third-order valence-corrected chi connectivity index (χ3v) is 3.48. The standard InChI is InChI=1S/C15H19N3O2.C2H6/c1-18-11-12(9-13(18)10-16)15(19)17-7-8-20-14-5-3-2-4-6-14;1-2/h2-6,12-13H,7-9,11H2,1H3,(H,17,19);1-2H3. The van der Waals surface area contributed by atoms with Gasteiger partial charge >= 0.3 is 0 Å². The Balaban J connectivity index is 0.00000116. The lowest BCUT2D eigenvalue weighted by molar-refractivity contribution is -0.124. The van der Waals surface area contributed by atoms with Gasteiger partial charge in [-0.05, 0) is 25.6 Å². The summed E-state index contributed by atoms with van der Waals surface area (Å²) in [6.45, 7) is 5.56. The first-order valence-corrected chi connectivity index (χ1v) is 7.76. The molecule has 5 nitrogen and oxygen atoms in total. The zero-order valence-electron chi connectivity index (χ0n) is 13.6. The first-order chi connectivity index (χ1) is 10.7. The van der Waals surface area contributed by atoms with Crippen LogP contribution in [0.15, 0.2) is 30.3 Å². The van der Waals surface area contributed by atoms with Crippen molar-refractivity contribution in [3.05, 3.63) is 30.3 Å². The van der Waals surface area contributed by atoms with E-state index >= 15 is 0 Å². The van der Waals surface area contributed by atoms with Gasteiger partial charge in [0.2, 0.25) is 5.91 Å². The molecule has 2 unspecified atom stereocenters. The van der Waals surface area contributed by atoms with Crippen molar-refractivity contribution in [2.24, 2.45) is 5.92 Å². The number of rotatable bonds is 5. The minimum atomic E-state index is -0.147. The molecule has 0 aromatic heterocycles. The van der Waals surface area contributed by atoms with Crippen molar-refractivity contribution in [1.29, 1.82) is 5.26 Å². The number of benzene rings is 1. The second-order valence-corrected chi connectivity index (χ2v) is 4.97. The number of nitrogens with zero attached hydrogens (tertiary/aromatic N) is 2. The molecule has 1 N–H and O–H groups in total. The van der Waals surface area contributed by atoms with Crippen LogP contribution in [0, 0.1) is 17.2 Å². The molecule has 0 radical (unpaired) electrons. The molecular weight excluding hydrogens is 278 g/mol. The van der Waals surface area contributed by atoms with Gasteiger partial charge in [0.1, 0.15) is 12.4 Å². The number of carbonyl (C=O) groups is 1. The van der Waals surface area contributed by atoms with Crippen LogP contribution in [0.2, 0.25) is 0 Å². The zero-order chi connectivity index (χ0) is 16.4. The number of nitriles is 1. The number of hydrogen-bond donors (Lipinski definition) is 1. The fraction of sp³-hybridized carbons (Fsp3) is 0.529. The van der Waals surface area contributed by atoms with Crippen LogP contribution in [-0.2, 0) is 4.79 Å². The summed E-state index contributed by atoms with van der Waals surface area (Å²) in [5.41, 5.74) is 0. The molecule has 1 heterocycles. The van der Waals surface area contributed by atoms with Crippen molar-refractivity contribution in [1.82, 2.24) is 10.2 Å². The molecule has 1 amide bonds. The molecule has 1 aromatic carbocycles. The molecule has 2 rings (SSSR count). The Morgan fingerprint density at radius 2 is 2.09 bits per heavy atom. The van der Waals surface area contributed by atoms with Gasteiger partial charge in [0, 0.05) is 6.54 Å². The summed E-state index contributed by atoms with van der Waals surface area (Å²) in [7, 11) is 1.87. The van der Waals surface area contributed by atoms with E-state index in [0.717, 1.165) is 5.75 Å². The molecule has 1 fully saturated rings. The van der Waals surface area contributed by atoms with Crippen molar-refractivity contribution in [2.45, 2.75) is 26.3 Å². The Morgan fingerprint density at radius 3 is 2.68 bits per heavy atom. The quantitative estimate of drug-likeness (QED) is 0.846. The average molecular weight is 303 g/mol. The summed E-state index contributed by atoms with van der Waals surface area (Å²) in [4.78, 5) is 13.9. The molecule has 0 saturated carbocycles. The van der Waals surface area contributed by atoms with Crippen molar-refractivity contribution < 1.29 is 9.53 Å². The molecule has 1 aliphatic rings. The number of nitrogens with one attached hydrogen (secondary N) is 1. The fourth-order valence-corrected chi connectivity index (χ4v) is 2.34. The summed E-state index contributed by atoms with van der Waals surface area (Å²) >= 11 is 0. The Hall–Kier alpha value is -2.06. The lowest BCUT2D eigenvalue weighted by Crippen LogP contribution is -2.34. The molecule has 22 heavy (non-hydrogen) atoms. The Labute approximate surface area is 132 Å². The van der Waals surface area contributed by atoms with Gasteiger partial charge in [0.25, 0.3) is 0 Å². The summed E-state index contributed by atoms with van der Waals surface area (Å²) in [6.07, 6.45) is 0.609. The zero-order valence-corrected chi connectivity index (χ0v) is 13.6. The van der Waals surface area contributed by atoms with Gasteiger partial charge in [-0.25, -0.2) is 0 Å². The lowest BCUT2D eigenvalue weighted by Gasteiger charge is -2.12. The Bertz CT molecular complexity index is 484. The summed E-state index contributed by atoms with van der Waals surface area (Å²) in [5, 5.41) is 11.8. The third kappa shape index (κ3) is 5.38. The Kier molecular flexibility index (Phi) is 8.01. The van der Waals surface area contributed by atoms with Gasteiger partial charge in [-0.15, -0.1) is 0 Å². The van der Waals surface area contributed by atoms with Crippen LogP contribution in [0.1, 0.15) is 20.3 Å². The molecule has 1 saturated heterocycles. The van der Waals surface area contributed by atoms with E-state index < -0.39 is 0 Å². The molecule has 0 spiro atoms. The highest BCUT2D eigenvalue weighted by Gasteiger charge is 2.33. The van der Waals surface area contributed by atoms with Crippen LogP contribution in [0.5, 0.6) is 5.75 Å². The number of ether oxygens (including phenoxy) is 1. The van der Waals surface area contributed by atoms with Gasteiger partial charge in [-0.1, -0.05) is 32.0 Å². The van der Waals surface area contributed by atoms with Crippen molar-refractivity contribution >= 4 is 5.91 Å². The molecule has 2 atom stereocenters. The highest BCUT2D eigenvalue weighted by atomic mass is 16.5. The van der Waals surface area contributed by atoms with Crippen LogP contribution in [0.4, 0.5) is 0 Å². The molecule has 1 aromatic rings. The predicted octanol–water partition coefficient (Wildman–Crippen LogP) is 2.05. The fourth-order valence-electron chi connectivity index (χ4n) is 2.34. The van der Waals surface area contributed by atoms with E-state index in [9.17, 15) is 4.79 Å². The monoisotopic (exact) mass is 303 g/mol. The molecular formula is C17H25N3O2. The van der Waals surface area contributed by atoms with Gasteiger partial charge in [0.05, 0.1) is 24.6 Å². The topological polar surface area (TPSA) is 65.4 Å². The van der Waals surface area contributed by atoms with Crippen LogP contribution in [0.25, 0.3) is 0 Å². The minimum Gasteiger partial charge on any atom is -0.492 e. The molecule has 120 valence electrons. The van der Waals surface area contributed by atoms with Crippen molar-refractivity contribution in [3.63, 3.8) is 0 Å². The smallest absolute Gasteiger partial charge is 0.224 e. The Morgan fingerprint density at radius 1 is 1.41 bits per heavy atom. The first-order valence-electron chi connectivity index (χ1n) is 7.76. The van der Waals surface area contributed by atoms with Crippen molar-refractivity contribution in [2.75, 3.05) is 26.7 Å². The van der Waals surface area contributed by atoms with E-state index in [1.54, 1.807) is 0 Å². The summed E-state index contributed by atoms with van der Waals surface area (Å²) in [6, 6.07) is 11.6. The number of amides is 1. The number of carbonyl (C=O) groups excluding carboxylic acids is 1. The van der Waals surface area contributed by atoms with E-state index in [2.05, 4.69) is 11.4 Å². The molecule has 5 heteroatoms. The molecule has 1 aliphatic heterocycles. The number of hydrogen-bond acceptors (Lipinski definition) is 4. The normalized spacial score (nSPS) is 20.5. The van der Waals surface area contributed by atoms with Crippen LogP contribution in [-0.4, -0.2) is 43.6 Å². The van der Waals surface area contributed by atoms with E-state index in [0.29, 0.717) is 26.1 Å². The first kappa shape index (κ1) is 18.0. The van der Waals surface area contributed by atoms with Gasteiger partial charge in [0.15, 0.2) is 0 Å². The van der Waals surface area contributed by atoms with E-state index in [1.165, 1.54) is 0 Å². The second kappa shape index (κ2) is 9.80. The lowest BCUT2D eigenvalue weighted by atomic mass is 10.1. The SMILES string of the molecule is CC.CN1CC(C(=O)NCCOc2ccccc2)CC1C#N. The number of likely N-dealkylation sites (tertiary alicyclic amines) is 1.